The topological polar surface area (TPSA) is 118 Å². The predicted molar refractivity (Wildman–Crippen MR) is 127 cm³/mol. The van der Waals surface area contributed by atoms with E-state index in [0.717, 1.165) is 22.2 Å². The molecule has 1 atom stereocenters. The fraction of sp³-hybridized carbons (Fsp3) is 0.217. The number of phenols is 1. The summed E-state index contributed by atoms with van der Waals surface area (Å²) in [5, 5.41) is 19.3. The van der Waals surface area contributed by atoms with E-state index in [-0.39, 0.29) is 28.1 Å². The maximum absolute atomic E-state index is 13.4. The molecule has 0 aliphatic heterocycles. The lowest BCUT2D eigenvalue weighted by Crippen LogP contribution is -2.19. The van der Waals surface area contributed by atoms with Crippen molar-refractivity contribution in [1.82, 2.24) is 9.38 Å². The lowest BCUT2D eigenvalue weighted by atomic mass is 10.0. The number of ether oxygens (including phenoxy) is 1. The van der Waals surface area contributed by atoms with Crippen LogP contribution in [0.1, 0.15) is 33.3 Å². The molecule has 0 radical (unpaired) electrons. The number of fused-ring (bicyclic) bond motifs is 2. The number of aromatic nitrogens is 2. The third-order valence-electron chi connectivity index (χ3n) is 5.37. The number of methoxy groups -OCH3 is 1. The van der Waals surface area contributed by atoms with Gasteiger partial charge in [0.15, 0.2) is 11.4 Å². The molecule has 0 bridgehead atoms. The Morgan fingerprint density at radius 3 is 2.64 bits per heavy atom. The average Bonchev–Trinajstić information content (AvgIpc) is 3.07. The quantitative estimate of drug-likeness (QED) is 0.311. The van der Waals surface area contributed by atoms with Gasteiger partial charge >= 0.3 is 5.97 Å². The van der Waals surface area contributed by atoms with Crippen molar-refractivity contribution in [2.45, 2.75) is 30.9 Å². The van der Waals surface area contributed by atoms with E-state index >= 15 is 0 Å². The number of rotatable bonds is 6. The number of aromatic hydroxyl groups is 1. The summed E-state index contributed by atoms with van der Waals surface area (Å²) in [5.41, 5.74) is 0.862. The first-order valence-corrected chi connectivity index (χ1v) is 11.6. The first-order chi connectivity index (χ1) is 15.6. The second-order valence-electron chi connectivity index (χ2n) is 7.48. The number of carboxylic acid groups (broad SMARTS) is 1. The van der Waals surface area contributed by atoms with Crippen LogP contribution in [0.25, 0.3) is 15.9 Å². The molecule has 170 valence electrons. The van der Waals surface area contributed by atoms with Gasteiger partial charge in [0.2, 0.25) is 0 Å². The largest absolute Gasteiger partial charge is 0.507 e. The molecule has 3 heterocycles. The van der Waals surface area contributed by atoms with Gasteiger partial charge in [0, 0.05) is 16.6 Å². The molecule has 0 saturated carbocycles. The molecule has 0 amide bonds. The molecule has 0 fully saturated rings. The maximum Gasteiger partial charge on any atom is 0.316 e. The molecule has 0 saturated heterocycles. The van der Waals surface area contributed by atoms with Crippen molar-refractivity contribution >= 4 is 50.7 Å². The molecule has 1 aromatic carbocycles. The van der Waals surface area contributed by atoms with E-state index in [2.05, 4.69) is 4.98 Å². The second kappa shape index (κ2) is 8.53. The van der Waals surface area contributed by atoms with E-state index in [1.165, 1.54) is 60.2 Å². The van der Waals surface area contributed by atoms with E-state index in [1.807, 2.05) is 13.8 Å². The summed E-state index contributed by atoms with van der Waals surface area (Å²) in [6, 6.07) is 5.79. The van der Waals surface area contributed by atoms with Crippen LogP contribution in [0.3, 0.4) is 0 Å². The Morgan fingerprint density at radius 2 is 1.97 bits per heavy atom. The van der Waals surface area contributed by atoms with Crippen LogP contribution in [0, 0.1) is 13.8 Å². The van der Waals surface area contributed by atoms with Gasteiger partial charge in [-0.25, -0.2) is 4.98 Å². The molecule has 10 heteroatoms. The number of carbonyl (C=O) groups excluding carboxylic acids is 1. The van der Waals surface area contributed by atoms with E-state index in [4.69, 9.17) is 4.74 Å². The number of benzene rings is 1. The smallest absolute Gasteiger partial charge is 0.316 e. The molecule has 0 aliphatic carbocycles. The summed E-state index contributed by atoms with van der Waals surface area (Å²) in [5.74, 6) is -1.43. The summed E-state index contributed by atoms with van der Waals surface area (Å²) in [7, 11) is 1.44. The number of hydrogen-bond donors (Lipinski definition) is 2. The first kappa shape index (κ1) is 22.8. The maximum atomic E-state index is 13.4. The van der Waals surface area contributed by atoms with Crippen LogP contribution >= 0.6 is 23.1 Å². The highest BCUT2D eigenvalue weighted by atomic mass is 32.2. The zero-order valence-electron chi connectivity index (χ0n) is 18.2. The monoisotopic (exact) mass is 484 g/mol. The minimum absolute atomic E-state index is 0.000535. The normalized spacial score (nSPS) is 12.2. The number of pyridine rings is 1. The molecule has 33 heavy (non-hydrogen) atoms. The molecule has 2 N–H and O–H groups in total. The number of thioether (sulfide) groups is 1. The van der Waals surface area contributed by atoms with Crippen LogP contribution in [-0.2, 0) is 4.79 Å². The summed E-state index contributed by atoms with van der Waals surface area (Å²) in [6.07, 6.45) is 1.38. The number of ketones is 1. The number of hydrogen-bond acceptors (Lipinski definition) is 8. The van der Waals surface area contributed by atoms with E-state index in [9.17, 15) is 24.6 Å². The van der Waals surface area contributed by atoms with Gasteiger partial charge in [-0.05, 0) is 50.6 Å². The minimum Gasteiger partial charge on any atom is -0.507 e. The lowest BCUT2D eigenvalue weighted by molar-refractivity contribution is -0.136. The highest BCUT2D eigenvalue weighted by molar-refractivity contribution is 8.00. The van der Waals surface area contributed by atoms with Crippen molar-refractivity contribution < 1.29 is 24.5 Å². The first-order valence-electron chi connectivity index (χ1n) is 9.89. The molecule has 4 rings (SSSR count). The van der Waals surface area contributed by atoms with Gasteiger partial charge in [-0.2, -0.15) is 0 Å². The SMILES string of the molecule is COc1ccc(O)c(C(=O)c2cc(S[C@@H](C)C(=O)O)c3nc4sc(C)c(C)c4c(=O)n3c2)c1. The van der Waals surface area contributed by atoms with Crippen molar-refractivity contribution in [1.29, 1.82) is 0 Å². The number of carbonyl (C=O) groups is 2. The molecular weight excluding hydrogens is 464 g/mol. The highest BCUT2D eigenvalue weighted by Crippen LogP contribution is 2.33. The summed E-state index contributed by atoms with van der Waals surface area (Å²) in [6.45, 7) is 5.26. The van der Waals surface area contributed by atoms with Gasteiger partial charge in [0.05, 0.1) is 23.0 Å². The van der Waals surface area contributed by atoms with E-state index < -0.39 is 17.0 Å². The standard InChI is InChI=1S/C23H20N2O6S2/c1-10-11(2)33-21-18(10)22(28)25-9-13(7-17(20(25)24-21)32-12(3)23(29)30)19(27)15-8-14(31-4)5-6-16(15)26/h5-9,12,26H,1-4H3,(H,29,30)/t12-/m0/s1. The number of thiophene rings is 1. The van der Waals surface area contributed by atoms with Crippen LogP contribution in [0.2, 0.25) is 0 Å². The van der Waals surface area contributed by atoms with Crippen molar-refractivity contribution in [3.8, 4) is 11.5 Å². The molecule has 4 aromatic rings. The van der Waals surface area contributed by atoms with Crippen molar-refractivity contribution in [2.75, 3.05) is 7.11 Å². The Labute approximate surface area is 196 Å². The van der Waals surface area contributed by atoms with Gasteiger partial charge in [-0.3, -0.25) is 18.8 Å². The van der Waals surface area contributed by atoms with Gasteiger partial charge in [-0.15, -0.1) is 23.1 Å². The third kappa shape index (κ3) is 3.96. The molecular formula is C23H20N2O6S2. The zero-order chi connectivity index (χ0) is 24.0. The van der Waals surface area contributed by atoms with Gasteiger partial charge < -0.3 is 14.9 Å². The van der Waals surface area contributed by atoms with Crippen LogP contribution in [-0.4, -0.2) is 43.7 Å². The van der Waals surface area contributed by atoms with Gasteiger partial charge in [0.1, 0.15) is 21.6 Å². The van der Waals surface area contributed by atoms with Crippen molar-refractivity contribution in [2.24, 2.45) is 0 Å². The molecule has 0 aliphatic rings. The summed E-state index contributed by atoms with van der Waals surface area (Å²) in [4.78, 5) is 44.7. The number of nitrogens with zero attached hydrogens (tertiary/aromatic N) is 2. The van der Waals surface area contributed by atoms with Crippen LogP contribution in [0.4, 0.5) is 0 Å². The Kier molecular flexibility index (Phi) is 5.89. The summed E-state index contributed by atoms with van der Waals surface area (Å²) >= 11 is 2.38. The second-order valence-corrected chi connectivity index (χ2v) is 10.1. The Morgan fingerprint density at radius 1 is 1.24 bits per heavy atom. The van der Waals surface area contributed by atoms with E-state index in [0.29, 0.717) is 20.9 Å². The van der Waals surface area contributed by atoms with Crippen molar-refractivity contribution in [3.05, 3.63) is 62.4 Å². The predicted octanol–water partition coefficient (Wildman–Crippen LogP) is 4.04. The van der Waals surface area contributed by atoms with Gasteiger partial charge in [-0.1, -0.05) is 0 Å². The minimum atomic E-state index is -1.04. The lowest BCUT2D eigenvalue weighted by Gasteiger charge is -2.13. The van der Waals surface area contributed by atoms with E-state index in [1.54, 1.807) is 0 Å². The Hall–Kier alpha value is -3.37. The third-order valence-corrected chi connectivity index (χ3v) is 7.58. The molecule has 0 unspecified atom stereocenters. The molecule has 0 spiro atoms. The van der Waals surface area contributed by atoms with Crippen LogP contribution in [0.15, 0.2) is 40.2 Å². The molecule has 8 nitrogen and oxygen atoms in total. The number of aryl methyl sites for hydroxylation is 2. The van der Waals surface area contributed by atoms with Gasteiger partial charge in [0.25, 0.3) is 5.56 Å². The zero-order valence-corrected chi connectivity index (χ0v) is 19.8. The highest BCUT2D eigenvalue weighted by Gasteiger charge is 2.23. The fourth-order valence-corrected chi connectivity index (χ4v) is 5.36. The van der Waals surface area contributed by atoms with Crippen LogP contribution < -0.4 is 10.3 Å². The number of phenolic OH excluding ortho intramolecular Hbond substituents is 1. The average molecular weight is 485 g/mol. The fourth-order valence-electron chi connectivity index (χ4n) is 3.41. The van der Waals surface area contributed by atoms with Crippen LogP contribution in [0.5, 0.6) is 11.5 Å². The Balaban J connectivity index is 2.01. The number of carboxylic acids is 1. The molecule has 3 aromatic heterocycles. The number of aliphatic carboxylic acids is 1. The Bertz CT molecular complexity index is 1500. The summed E-state index contributed by atoms with van der Waals surface area (Å²) < 4.78 is 6.44. The van der Waals surface area contributed by atoms with Crippen molar-refractivity contribution in [3.63, 3.8) is 0 Å².